The van der Waals surface area contributed by atoms with E-state index >= 15 is 0 Å². The molecular formula is C23H34IN5O2. The van der Waals surface area contributed by atoms with Gasteiger partial charge in [0.25, 0.3) is 0 Å². The van der Waals surface area contributed by atoms with Gasteiger partial charge in [0, 0.05) is 30.6 Å². The minimum atomic E-state index is -0.0661. The zero-order valence-electron chi connectivity index (χ0n) is 18.8. The fourth-order valence-electron chi connectivity index (χ4n) is 3.50. The fourth-order valence-corrected chi connectivity index (χ4v) is 3.50. The van der Waals surface area contributed by atoms with E-state index in [2.05, 4.69) is 46.7 Å². The maximum absolute atomic E-state index is 12.4. The summed E-state index contributed by atoms with van der Waals surface area (Å²) in [6, 6.07) is 7.91. The molecule has 0 saturated heterocycles. The first-order valence-electron chi connectivity index (χ1n) is 10.6. The van der Waals surface area contributed by atoms with Crippen LogP contribution in [0.1, 0.15) is 63.7 Å². The predicted octanol–water partition coefficient (Wildman–Crippen LogP) is 4.58. The van der Waals surface area contributed by atoms with Crippen molar-refractivity contribution < 1.29 is 9.21 Å². The molecule has 8 heteroatoms. The second kappa shape index (κ2) is 11.5. The van der Waals surface area contributed by atoms with E-state index in [1.807, 2.05) is 24.3 Å². The summed E-state index contributed by atoms with van der Waals surface area (Å²) in [4.78, 5) is 20.9. The second-order valence-corrected chi connectivity index (χ2v) is 8.82. The Kier molecular flexibility index (Phi) is 9.33. The number of carbonyl (C=O) groups is 1. The molecule has 0 bridgehead atoms. The molecule has 1 amide bonds. The minimum Gasteiger partial charge on any atom is -0.443 e. The molecule has 0 unspecified atom stereocenters. The third kappa shape index (κ3) is 7.52. The number of nitrogens with zero attached hydrogens (tertiary/aromatic N) is 2. The van der Waals surface area contributed by atoms with E-state index in [9.17, 15) is 4.79 Å². The van der Waals surface area contributed by atoms with Crippen molar-refractivity contribution in [1.82, 2.24) is 15.6 Å². The zero-order chi connectivity index (χ0) is 21.6. The van der Waals surface area contributed by atoms with Gasteiger partial charge in [-0.05, 0) is 30.5 Å². The van der Waals surface area contributed by atoms with E-state index < -0.39 is 0 Å². The maximum atomic E-state index is 12.4. The van der Waals surface area contributed by atoms with Crippen LogP contribution in [0.2, 0.25) is 0 Å². The van der Waals surface area contributed by atoms with E-state index in [4.69, 9.17) is 4.42 Å². The van der Waals surface area contributed by atoms with Crippen molar-refractivity contribution in [3.05, 3.63) is 47.7 Å². The van der Waals surface area contributed by atoms with Gasteiger partial charge in [-0.15, -0.1) is 24.0 Å². The van der Waals surface area contributed by atoms with E-state index in [0.29, 0.717) is 24.9 Å². The fraction of sp³-hybridized carbons (Fsp3) is 0.522. The van der Waals surface area contributed by atoms with Crippen LogP contribution in [0.5, 0.6) is 0 Å². The Hall–Kier alpha value is -2.10. The summed E-state index contributed by atoms with van der Waals surface area (Å²) < 4.78 is 5.80. The number of hydrogen-bond acceptors (Lipinski definition) is 4. The Labute approximate surface area is 201 Å². The van der Waals surface area contributed by atoms with Gasteiger partial charge in [-0.25, -0.2) is 4.98 Å². The van der Waals surface area contributed by atoms with Gasteiger partial charge in [-0.1, -0.05) is 45.7 Å². The lowest BCUT2D eigenvalue weighted by molar-refractivity contribution is -0.119. The molecule has 1 aliphatic carbocycles. The molecule has 0 radical (unpaired) electrons. The lowest BCUT2D eigenvalue weighted by Gasteiger charge is -2.14. The Balaban J connectivity index is 0.00000341. The number of carbonyl (C=O) groups excluding carboxylic acids is 1. The van der Waals surface area contributed by atoms with E-state index in [0.717, 1.165) is 42.7 Å². The van der Waals surface area contributed by atoms with Crippen molar-refractivity contribution >= 4 is 41.5 Å². The number of aliphatic imine (C=N–C) groups is 1. The van der Waals surface area contributed by atoms with Crippen molar-refractivity contribution in [2.24, 2.45) is 10.9 Å². The SMILES string of the molecule is CN=C(NCc1cccc(NC(=O)C2CCCC2)c1)NCc1ncc(C(C)(C)C)o1.I. The molecule has 170 valence electrons. The van der Waals surface area contributed by atoms with Crippen LogP contribution >= 0.6 is 24.0 Å². The number of aromatic nitrogens is 1. The summed E-state index contributed by atoms with van der Waals surface area (Å²) in [7, 11) is 1.73. The molecule has 1 fully saturated rings. The Morgan fingerprint density at radius 2 is 1.90 bits per heavy atom. The molecular weight excluding hydrogens is 505 g/mol. The molecule has 1 aliphatic rings. The summed E-state index contributed by atoms with van der Waals surface area (Å²) in [5.74, 6) is 2.43. The number of benzene rings is 1. The first-order chi connectivity index (χ1) is 14.3. The number of rotatable bonds is 6. The highest BCUT2D eigenvalue weighted by Crippen LogP contribution is 2.26. The van der Waals surface area contributed by atoms with Gasteiger partial charge in [0.2, 0.25) is 11.8 Å². The zero-order valence-corrected chi connectivity index (χ0v) is 21.2. The number of oxazole rings is 1. The number of guanidine groups is 1. The molecule has 31 heavy (non-hydrogen) atoms. The van der Waals surface area contributed by atoms with Crippen molar-refractivity contribution in [3.8, 4) is 0 Å². The average Bonchev–Trinajstić information content (AvgIpc) is 3.40. The Morgan fingerprint density at radius 1 is 1.19 bits per heavy atom. The molecule has 2 aromatic rings. The van der Waals surface area contributed by atoms with Crippen LogP contribution in [0.4, 0.5) is 5.69 Å². The molecule has 0 aliphatic heterocycles. The van der Waals surface area contributed by atoms with Crippen LogP contribution in [0.25, 0.3) is 0 Å². The first kappa shape index (κ1) is 25.2. The summed E-state index contributed by atoms with van der Waals surface area (Å²) in [6.07, 6.45) is 6.07. The molecule has 1 saturated carbocycles. The molecule has 0 spiro atoms. The van der Waals surface area contributed by atoms with Gasteiger partial charge in [0.05, 0.1) is 12.7 Å². The van der Waals surface area contributed by atoms with Crippen molar-refractivity contribution in [2.75, 3.05) is 12.4 Å². The molecule has 7 nitrogen and oxygen atoms in total. The standard InChI is InChI=1S/C23H33N5O2.HI/c1-23(2,3)19-14-25-20(30-19)15-27-22(24-4)26-13-16-8-7-11-18(12-16)28-21(29)17-9-5-6-10-17;/h7-8,11-12,14,17H,5-6,9-10,13,15H2,1-4H3,(H,28,29)(H2,24,26,27);1H. The summed E-state index contributed by atoms with van der Waals surface area (Å²) >= 11 is 0. The maximum Gasteiger partial charge on any atom is 0.227 e. The molecule has 0 atom stereocenters. The number of amides is 1. The van der Waals surface area contributed by atoms with Crippen LogP contribution in [0.3, 0.4) is 0 Å². The second-order valence-electron chi connectivity index (χ2n) is 8.82. The summed E-state index contributed by atoms with van der Waals surface area (Å²) in [5, 5.41) is 9.56. The largest absolute Gasteiger partial charge is 0.443 e. The molecule has 1 heterocycles. The lowest BCUT2D eigenvalue weighted by Crippen LogP contribution is -2.36. The normalized spacial score (nSPS) is 14.8. The smallest absolute Gasteiger partial charge is 0.227 e. The Bertz CT molecular complexity index is 882. The van der Waals surface area contributed by atoms with Crippen LogP contribution in [0.15, 0.2) is 39.9 Å². The van der Waals surface area contributed by atoms with Crippen molar-refractivity contribution in [2.45, 2.75) is 65.0 Å². The number of nitrogens with one attached hydrogen (secondary N) is 3. The number of halogens is 1. The molecule has 1 aromatic heterocycles. The van der Waals surface area contributed by atoms with Gasteiger partial charge in [-0.3, -0.25) is 9.79 Å². The number of anilines is 1. The lowest BCUT2D eigenvalue weighted by atomic mass is 9.94. The van der Waals surface area contributed by atoms with Crippen molar-refractivity contribution in [1.29, 1.82) is 0 Å². The molecule has 3 rings (SSSR count). The van der Waals surface area contributed by atoms with E-state index in [1.54, 1.807) is 13.2 Å². The highest BCUT2D eigenvalue weighted by Gasteiger charge is 2.22. The van der Waals surface area contributed by atoms with E-state index in [1.165, 1.54) is 0 Å². The van der Waals surface area contributed by atoms with Gasteiger partial charge in [0.15, 0.2) is 5.96 Å². The molecule has 3 N–H and O–H groups in total. The average molecular weight is 539 g/mol. The third-order valence-electron chi connectivity index (χ3n) is 5.30. The highest BCUT2D eigenvalue weighted by molar-refractivity contribution is 14.0. The minimum absolute atomic E-state index is 0. The van der Waals surface area contributed by atoms with Gasteiger partial charge >= 0.3 is 0 Å². The van der Waals surface area contributed by atoms with Crippen LogP contribution in [0, 0.1) is 5.92 Å². The topological polar surface area (TPSA) is 91.5 Å². The van der Waals surface area contributed by atoms with Crippen LogP contribution < -0.4 is 16.0 Å². The van der Waals surface area contributed by atoms with Crippen LogP contribution in [-0.2, 0) is 23.3 Å². The van der Waals surface area contributed by atoms with Gasteiger partial charge in [0.1, 0.15) is 5.76 Å². The summed E-state index contributed by atoms with van der Waals surface area (Å²) in [6.45, 7) is 7.32. The molecule has 1 aromatic carbocycles. The quantitative estimate of drug-likeness (QED) is 0.284. The summed E-state index contributed by atoms with van der Waals surface area (Å²) in [5.41, 5.74) is 1.83. The Morgan fingerprint density at radius 3 is 2.55 bits per heavy atom. The monoisotopic (exact) mass is 539 g/mol. The third-order valence-corrected chi connectivity index (χ3v) is 5.30. The van der Waals surface area contributed by atoms with Gasteiger partial charge < -0.3 is 20.4 Å². The van der Waals surface area contributed by atoms with Gasteiger partial charge in [-0.2, -0.15) is 0 Å². The highest BCUT2D eigenvalue weighted by atomic mass is 127. The number of hydrogen-bond donors (Lipinski definition) is 3. The first-order valence-corrected chi connectivity index (χ1v) is 10.6. The van der Waals surface area contributed by atoms with Crippen molar-refractivity contribution in [3.63, 3.8) is 0 Å². The van der Waals surface area contributed by atoms with Crippen LogP contribution in [-0.4, -0.2) is 23.9 Å². The van der Waals surface area contributed by atoms with E-state index in [-0.39, 0.29) is 41.2 Å². The predicted molar refractivity (Wildman–Crippen MR) is 135 cm³/mol.